The molecule has 0 aliphatic rings. The topological polar surface area (TPSA) is 70.9 Å². The number of nitrogens with zero attached hydrogens (tertiary/aromatic N) is 1. The molecule has 150 valence electrons. The van der Waals surface area contributed by atoms with E-state index in [2.05, 4.69) is 67.2 Å². The predicted molar refractivity (Wildman–Crippen MR) is 117 cm³/mol. The number of nitrogens with one attached hydrogen (secondary N) is 2. The molecule has 0 unspecified atom stereocenters. The lowest BCUT2D eigenvalue weighted by Crippen LogP contribution is -2.27. The van der Waals surface area contributed by atoms with Crippen LogP contribution >= 0.6 is 0 Å². The maximum atomic E-state index is 12.5. The number of hydrogen-bond donors (Lipinski definition) is 2. The lowest BCUT2D eigenvalue weighted by atomic mass is 9.93. The van der Waals surface area contributed by atoms with Crippen LogP contribution in [-0.4, -0.2) is 9.97 Å². The van der Waals surface area contributed by atoms with Crippen molar-refractivity contribution in [1.82, 2.24) is 15.3 Å². The average Bonchev–Trinajstić information content (AvgIpc) is 3.08. The Morgan fingerprint density at radius 2 is 1.69 bits per heavy atom. The van der Waals surface area contributed by atoms with Crippen LogP contribution in [0.4, 0.5) is 0 Å². The van der Waals surface area contributed by atoms with E-state index >= 15 is 0 Å². The second-order valence-corrected chi connectivity index (χ2v) is 8.21. The number of fused-ring (bicyclic) bond motifs is 3. The minimum Gasteiger partial charge on any atom is -0.449 e. The largest absolute Gasteiger partial charge is 0.449 e. The Labute approximate surface area is 170 Å². The maximum absolute atomic E-state index is 12.5. The van der Waals surface area contributed by atoms with Gasteiger partial charge in [0.1, 0.15) is 16.9 Å². The SMILES string of the molecule is CC(C)c1ccc([C@H](NCc2nc3c(oc4ccccc43)c(=O)[nH]2)C(C)C)cc1. The number of hydrogen-bond acceptors (Lipinski definition) is 4. The number of benzene rings is 2. The lowest BCUT2D eigenvalue weighted by Gasteiger charge is -2.23. The summed E-state index contributed by atoms with van der Waals surface area (Å²) < 4.78 is 5.68. The zero-order valence-corrected chi connectivity index (χ0v) is 17.3. The highest BCUT2D eigenvalue weighted by Gasteiger charge is 2.17. The summed E-state index contributed by atoms with van der Waals surface area (Å²) in [6.45, 7) is 9.25. The molecule has 0 fully saturated rings. The van der Waals surface area contributed by atoms with Crippen LogP contribution in [-0.2, 0) is 6.54 Å². The summed E-state index contributed by atoms with van der Waals surface area (Å²) in [6, 6.07) is 16.5. The van der Waals surface area contributed by atoms with Crippen molar-refractivity contribution in [2.24, 2.45) is 5.92 Å². The van der Waals surface area contributed by atoms with Crippen LogP contribution in [0, 0.1) is 5.92 Å². The van der Waals surface area contributed by atoms with Gasteiger partial charge in [-0.1, -0.05) is 64.1 Å². The summed E-state index contributed by atoms with van der Waals surface area (Å²) in [5, 5.41) is 4.43. The Bertz CT molecular complexity index is 1190. The predicted octanol–water partition coefficient (Wildman–Crippen LogP) is 5.28. The summed E-state index contributed by atoms with van der Waals surface area (Å²) in [7, 11) is 0. The third-order valence-corrected chi connectivity index (χ3v) is 5.40. The third kappa shape index (κ3) is 3.83. The molecule has 2 heterocycles. The molecule has 0 spiro atoms. The van der Waals surface area contributed by atoms with E-state index in [4.69, 9.17) is 4.42 Å². The summed E-state index contributed by atoms with van der Waals surface area (Å²) in [5.74, 6) is 1.52. The van der Waals surface area contributed by atoms with E-state index in [-0.39, 0.29) is 17.2 Å². The van der Waals surface area contributed by atoms with E-state index in [1.54, 1.807) is 0 Å². The van der Waals surface area contributed by atoms with Gasteiger partial charge in [0.05, 0.1) is 6.54 Å². The van der Waals surface area contributed by atoms with Gasteiger partial charge >= 0.3 is 0 Å². The van der Waals surface area contributed by atoms with Gasteiger partial charge in [0.25, 0.3) is 5.56 Å². The second-order valence-electron chi connectivity index (χ2n) is 8.21. The molecule has 4 rings (SSSR count). The van der Waals surface area contributed by atoms with Crippen molar-refractivity contribution in [3.8, 4) is 0 Å². The molecule has 1 atom stereocenters. The molecule has 0 aliphatic heterocycles. The van der Waals surface area contributed by atoms with Crippen molar-refractivity contribution >= 4 is 22.1 Å². The van der Waals surface area contributed by atoms with Crippen molar-refractivity contribution < 1.29 is 4.42 Å². The van der Waals surface area contributed by atoms with Gasteiger partial charge in [0.15, 0.2) is 0 Å². The molecule has 0 saturated carbocycles. The van der Waals surface area contributed by atoms with E-state index in [0.717, 1.165) is 5.39 Å². The highest BCUT2D eigenvalue weighted by atomic mass is 16.3. The first kappa shape index (κ1) is 19.4. The molecule has 0 saturated heterocycles. The first-order valence-corrected chi connectivity index (χ1v) is 10.2. The quantitative estimate of drug-likeness (QED) is 0.471. The van der Waals surface area contributed by atoms with Gasteiger partial charge in [-0.2, -0.15) is 0 Å². The highest BCUT2D eigenvalue weighted by molar-refractivity contribution is 6.01. The number of para-hydroxylation sites is 1. The summed E-state index contributed by atoms with van der Waals surface area (Å²) in [5.41, 5.74) is 3.89. The van der Waals surface area contributed by atoms with Crippen LogP contribution in [0.3, 0.4) is 0 Å². The fourth-order valence-corrected chi connectivity index (χ4v) is 3.76. The van der Waals surface area contributed by atoms with E-state index < -0.39 is 0 Å². The van der Waals surface area contributed by atoms with E-state index in [9.17, 15) is 4.79 Å². The van der Waals surface area contributed by atoms with Gasteiger partial charge in [-0.05, 0) is 35.1 Å². The first-order chi connectivity index (χ1) is 13.9. The van der Waals surface area contributed by atoms with E-state index in [1.165, 1.54) is 11.1 Å². The van der Waals surface area contributed by atoms with Crippen LogP contribution in [0.15, 0.2) is 57.7 Å². The lowest BCUT2D eigenvalue weighted by molar-refractivity contribution is 0.406. The summed E-state index contributed by atoms with van der Waals surface area (Å²) >= 11 is 0. The Balaban J connectivity index is 1.61. The standard InChI is InChI=1S/C24H27N3O2/c1-14(2)16-9-11-17(12-10-16)21(15(3)4)25-13-20-26-22-18-7-5-6-8-19(18)29-23(22)24(28)27-20/h5-12,14-15,21,25H,13H2,1-4H3,(H,26,27,28)/t21-/m1/s1. The van der Waals surface area contributed by atoms with Crippen LogP contribution in [0.5, 0.6) is 0 Å². The van der Waals surface area contributed by atoms with E-state index in [1.807, 2.05) is 24.3 Å². The van der Waals surface area contributed by atoms with Crippen molar-refractivity contribution in [1.29, 1.82) is 0 Å². The Kier molecular flexibility index (Phi) is 5.24. The summed E-state index contributed by atoms with van der Waals surface area (Å²) in [6.07, 6.45) is 0. The van der Waals surface area contributed by atoms with Crippen molar-refractivity contribution in [2.75, 3.05) is 0 Å². The number of aromatic nitrogens is 2. The molecular formula is C24H27N3O2. The van der Waals surface area contributed by atoms with Crippen molar-refractivity contribution in [3.05, 3.63) is 75.8 Å². The fraction of sp³-hybridized carbons (Fsp3) is 0.333. The Morgan fingerprint density at radius 1 is 1.00 bits per heavy atom. The second kappa shape index (κ2) is 7.84. The van der Waals surface area contributed by atoms with Crippen LogP contribution in [0.25, 0.3) is 22.1 Å². The molecule has 0 amide bonds. The van der Waals surface area contributed by atoms with Crippen LogP contribution in [0.1, 0.15) is 56.6 Å². The van der Waals surface area contributed by atoms with Gasteiger partial charge in [-0.3, -0.25) is 4.79 Å². The van der Waals surface area contributed by atoms with E-state index in [0.29, 0.717) is 35.3 Å². The monoisotopic (exact) mass is 389 g/mol. The number of furan rings is 1. The van der Waals surface area contributed by atoms with Crippen molar-refractivity contribution in [2.45, 2.75) is 46.2 Å². The average molecular weight is 389 g/mol. The van der Waals surface area contributed by atoms with Crippen LogP contribution in [0.2, 0.25) is 0 Å². The number of H-pyrrole nitrogens is 1. The minimum atomic E-state index is -0.245. The maximum Gasteiger partial charge on any atom is 0.294 e. The van der Waals surface area contributed by atoms with Crippen molar-refractivity contribution in [3.63, 3.8) is 0 Å². The molecule has 0 aliphatic carbocycles. The molecular weight excluding hydrogens is 362 g/mol. The molecule has 5 heteroatoms. The van der Waals surface area contributed by atoms with Gasteiger partial charge in [-0.25, -0.2) is 4.98 Å². The zero-order valence-electron chi connectivity index (χ0n) is 17.3. The first-order valence-electron chi connectivity index (χ1n) is 10.2. The Morgan fingerprint density at radius 3 is 2.38 bits per heavy atom. The molecule has 29 heavy (non-hydrogen) atoms. The highest BCUT2D eigenvalue weighted by Crippen LogP contribution is 2.26. The zero-order chi connectivity index (χ0) is 20.5. The molecule has 4 aromatic rings. The Hall–Kier alpha value is -2.92. The molecule has 2 aromatic heterocycles. The molecule has 0 radical (unpaired) electrons. The number of rotatable bonds is 6. The molecule has 0 bridgehead atoms. The third-order valence-electron chi connectivity index (χ3n) is 5.40. The minimum absolute atomic E-state index is 0.165. The fourth-order valence-electron chi connectivity index (χ4n) is 3.76. The smallest absolute Gasteiger partial charge is 0.294 e. The normalized spacial score (nSPS) is 13.0. The molecule has 2 N–H and O–H groups in total. The molecule has 5 nitrogen and oxygen atoms in total. The van der Waals surface area contributed by atoms with Gasteiger partial charge < -0.3 is 14.7 Å². The van der Waals surface area contributed by atoms with Gasteiger partial charge in [0.2, 0.25) is 5.58 Å². The number of aromatic amines is 1. The summed E-state index contributed by atoms with van der Waals surface area (Å²) in [4.78, 5) is 20.0. The molecule has 2 aromatic carbocycles. The van der Waals surface area contributed by atoms with Crippen LogP contribution < -0.4 is 10.9 Å². The van der Waals surface area contributed by atoms with Gasteiger partial charge in [-0.15, -0.1) is 0 Å². The van der Waals surface area contributed by atoms with Gasteiger partial charge in [0, 0.05) is 11.4 Å².